The summed E-state index contributed by atoms with van der Waals surface area (Å²) in [7, 11) is 1.64. The van der Waals surface area contributed by atoms with Crippen LogP contribution in [0.4, 0.5) is 27.7 Å². The Labute approximate surface area is 223 Å². The molecule has 11 heteroatoms. The fourth-order valence-corrected chi connectivity index (χ4v) is 5.00. The third kappa shape index (κ3) is 4.61. The van der Waals surface area contributed by atoms with E-state index in [1.807, 2.05) is 6.07 Å². The van der Waals surface area contributed by atoms with E-state index in [-0.39, 0.29) is 28.8 Å². The van der Waals surface area contributed by atoms with Crippen LogP contribution in [0.1, 0.15) is 45.8 Å². The zero-order valence-corrected chi connectivity index (χ0v) is 21.2. The fourth-order valence-electron chi connectivity index (χ4n) is 5.00. The summed E-state index contributed by atoms with van der Waals surface area (Å²) in [6.45, 7) is -0.0840. The van der Waals surface area contributed by atoms with Gasteiger partial charge in [0.15, 0.2) is 5.82 Å². The van der Waals surface area contributed by atoms with Gasteiger partial charge in [0.2, 0.25) is 11.9 Å². The monoisotopic (exact) mass is 527 g/mol. The molecule has 1 aliphatic carbocycles. The van der Waals surface area contributed by atoms with Crippen LogP contribution in [-0.2, 0) is 20.1 Å². The molecule has 2 aromatic heterocycles. The second-order valence-corrected chi connectivity index (χ2v) is 9.81. The molecule has 39 heavy (non-hydrogen) atoms. The van der Waals surface area contributed by atoms with Crippen molar-refractivity contribution in [3.63, 3.8) is 0 Å². The van der Waals surface area contributed by atoms with Crippen LogP contribution in [0.3, 0.4) is 0 Å². The highest BCUT2D eigenvalue weighted by Gasteiger charge is 2.33. The van der Waals surface area contributed by atoms with Gasteiger partial charge in [-0.2, -0.15) is 15.0 Å². The Hall–Kier alpha value is -4.64. The quantitative estimate of drug-likeness (QED) is 0.347. The van der Waals surface area contributed by atoms with E-state index in [0.29, 0.717) is 41.4 Å². The van der Waals surface area contributed by atoms with Crippen LogP contribution < -0.4 is 21.5 Å². The Morgan fingerprint density at radius 1 is 1.13 bits per heavy atom. The summed E-state index contributed by atoms with van der Waals surface area (Å²) in [5.41, 5.74) is 9.25. The summed E-state index contributed by atoms with van der Waals surface area (Å²) in [6, 6.07) is 11.6. The van der Waals surface area contributed by atoms with Crippen molar-refractivity contribution in [1.82, 2.24) is 19.5 Å². The van der Waals surface area contributed by atoms with Crippen molar-refractivity contribution in [1.29, 1.82) is 0 Å². The van der Waals surface area contributed by atoms with Crippen molar-refractivity contribution in [3.8, 4) is 11.4 Å². The molecule has 1 amide bonds. The summed E-state index contributed by atoms with van der Waals surface area (Å²) < 4.78 is 16.6. The molecule has 0 saturated heterocycles. The molecule has 2 aromatic carbocycles. The highest BCUT2D eigenvalue weighted by Crippen LogP contribution is 2.42. The van der Waals surface area contributed by atoms with Gasteiger partial charge in [-0.1, -0.05) is 18.2 Å². The number of hydrogen-bond acceptors (Lipinski definition) is 8. The van der Waals surface area contributed by atoms with E-state index in [2.05, 4.69) is 20.3 Å². The molecule has 0 atom stereocenters. The lowest BCUT2D eigenvalue weighted by Crippen LogP contribution is -2.39. The number of aryl methyl sites for hydroxylation is 1. The lowest BCUT2D eigenvalue weighted by atomic mass is 9.93. The third-order valence-electron chi connectivity index (χ3n) is 7.16. The van der Waals surface area contributed by atoms with E-state index < -0.39 is 18.3 Å². The molecule has 4 aromatic rings. The second kappa shape index (κ2) is 9.59. The number of benzene rings is 2. The van der Waals surface area contributed by atoms with Gasteiger partial charge < -0.3 is 25.6 Å². The number of aromatic nitrogens is 4. The number of rotatable bonds is 6. The Morgan fingerprint density at radius 2 is 1.95 bits per heavy atom. The highest BCUT2D eigenvalue weighted by atomic mass is 19.1. The number of nitrogens with two attached hydrogens (primary N) is 1. The first-order valence-corrected chi connectivity index (χ1v) is 12.6. The van der Waals surface area contributed by atoms with Crippen molar-refractivity contribution >= 4 is 29.2 Å². The van der Waals surface area contributed by atoms with Crippen molar-refractivity contribution in [2.45, 2.75) is 31.8 Å². The Kier molecular flexibility index (Phi) is 6.07. The first-order chi connectivity index (χ1) is 18.8. The molecule has 0 unspecified atom stereocenters. The number of carbonyl (C=O) groups excluding carboxylic acids is 1. The number of amides is 1. The van der Waals surface area contributed by atoms with E-state index in [0.717, 1.165) is 24.0 Å². The second-order valence-electron chi connectivity index (χ2n) is 9.81. The van der Waals surface area contributed by atoms with Crippen molar-refractivity contribution in [2.75, 3.05) is 22.5 Å². The maximum atomic E-state index is 15.1. The van der Waals surface area contributed by atoms with E-state index in [1.54, 1.807) is 37.5 Å². The largest absolute Gasteiger partial charge is 0.392 e. The standard InChI is InChI=1S/C28H26FN7O3/c1-35-9-8-18(13-23(35)38)31-28-33-25(32-27(30)34-28)19-3-2-4-22(20(19)14-37)36-10-7-16-11-17(15-5-6-15)12-21(29)24(16)26(36)39/h2-4,8-9,11-13,15,37H,5-7,10,14H2,1H3,(H3,30,31,32,33,34). The van der Waals surface area contributed by atoms with Crippen LogP contribution >= 0.6 is 0 Å². The smallest absolute Gasteiger partial charge is 0.261 e. The average Bonchev–Trinajstić information content (AvgIpc) is 3.76. The third-order valence-corrected chi connectivity index (χ3v) is 7.16. The Balaban J connectivity index is 1.36. The van der Waals surface area contributed by atoms with E-state index in [4.69, 9.17) is 5.73 Å². The molecule has 4 N–H and O–H groups in total. The van der Waals surface area contributed by atoms with Crippen LogP contribution in [0.2, 0.25) is 0 Å². The van der Waals surface area contributed by atoms with Gasteiger partial charge in [0.05, 0.1) is 17.9 Å². The fraction of sp³-hybridized carbons (Fsp3) is 0.250. The number of fused-ring (bicyclic) bond motifs is 1. The molecule has 1 fully saturated rings. The van der Waals surface area contributed by atoms with E-state index >= 15 is 4.39 Å². The van der Waals surface area contributed by atoms with E-state index in [9.17, 15) is 14.7 Å². The van der Waals surface area contributed by atoms with Crippen LogP contribution in [0.25, 0.3) is 11.4 Å². The first kappa shape index (κ1) is 24.7. The van der Waals surface area contributed by atoms with Crippen LogP contribution in [-0.4, -0.2) is 37.1 Å². The number of aliphatic hydroxyl groups is 1. The molecule has 0 radical (unpaired) electrons. The summed E-state index contributed by atoms with van der Waals surface area (Å²) in [6.07, 6.45) is 4.20. The minimum absolute atomic E-state index is 0.0721. The first-order valence-electron chi connectivity index (χ1n) is 12.6. The summed E-state index contributed by atoms with van der Waals surface area (Å²) in [5.74, 6) is -0.373. The molecule has 6 rings (SSSR count). The highest BCUT2D eigenvalue weighted by molar-refractivity contribution is 6.09. The van der Waals surface area contributed by atoms with Gasteiger partial charge >= 0.3 is 0 Å². The molecule has 1 saturated carbocycles. The minimum Gasteiger partial charge on any atom is -0.392 e. The van der Waals surface area contributed by atoms with Gasteiger partial charge in [0, 0.05) is 42.7 Å². The van der Waals surface area contributed by atoms with Gasteiger partial charge in [-0.05, 0) is 54.5 Å². The molecule has 0 spiro atoms. The molecule has 10 nitrogen and oxygen atoms in total. The van der Waals surface area contributed by atoms with Crippen LogP contribution in [0.15, 0.2) is 53.5 Å². The molecular weight excluding hydrogens is 501 g/mol. The Morgan fingerprint density at radius 3 is 2.69 bits per heavy atom. The number of anilines is 4. The molecule has 1 aliphatic heterocycles. The number of hydrogen-bond donors (Lipinski definition) is 3. The number of nitrogens with one attached hydrogen (secondary N) is 1. The number of halogens is 1. The van der Waals surface area contributed by atoms with Crippen LogP contribution in [0.5, 0.6) is 0 Å². The van der Waals surface area contributed by atoms with E-state index in [1.165, 1.54) is 21.6 Å². The van der Waals surface area contributed by atoms with Gasteiger partial charge in [-0.25, -0.2) is 4.39 Å². The number of carbonyl (C=O) groups is 1. The maximum Gasteiger partial charge on any atom is 0.261 e. The predicted octanol–water partition coefficient (Wildman–Crippen LogP) is 3.27. The number of nitrogens with zero attached hydrogens (tertiary/aromatic N) is 5. The summed E-state index contributed by atoms with van der Waals surface area (Å²) in [5, 5.41) is 13.4. The summed E-state index contributed by atoms with van der Waals surface area (Å²) in [4.78, 5) is 39.8. The normalized spacial score (nSPS) is 14.8. The lowest BCUT2D eigenvalue weighted by molar-refractivity contribution is 0.0976. The molecular formula is C28H26FN7O3. The number of aliphatic hydroxyl groups excluding tert-OH is 1. The SMILES string of the molecule is Cn1ccc(Nc2nc(N)nc(-c3cccc(N4CCc5cc(C6CC6)cc(F)c5C4=O)c3CO)n2)cc1=O. The van der Waals surface area contributed by atoms with Gasteiger partial charge in [0.25, 0.3) is 11.5 Å². The summed E-state index contributed by atoms with van der Waals surface area (Å²) >= 11 is 0. The lowest BCUT2D eigenvalue weighted by Gasteiger charge is -2.31. The molecule has 0 bridgehead atoms. The van der Waals surface area contributed by atoms with Crippen LogP contribution in [0, 0.1) is 5.82 Å². The maximum absolute atomic E-state index is 15.1. The average molecular weight is 528 g/mol. The van der Waals surface area contributed by atoms with Gasteiger partial charge in [-0.15, -0.1) is 0 Å². The minimum atomic E-state index is -0.512. The van der Waals surface area contributed by atoms with Crippen molar-refractivity contribution in [3.05, 3.63) is 87.1 Å². The van der Waals surface area contributed by atoms with Crippen molar-refractivity contribution < 1.29 is 14.3 Å². The molecule has 2 aliphatic rings. The van der Waals surface area contributed by atoms with Crippen molar-refractivity contribution in [2.24, 2.45) is 7.05 Å². The topological polar surface area (TPSA) is 139 Å². The molecule has 198 valence electrons. The Bertz CT molecular complexity index is 1680. The zero-order valence-electron chi connectivity index (χ0n) is 21.2. The van der Waals surface area contributed by atoms with Gasteiger partial charge in [0.1, 0.15) is 5.82 Å². The number of pyridine rings is 1. The molecule has 3 heterocycles. The predicted molar refractivity (Wildman–Crippen MR) is 144 cm³/mol. The zero-order chi connectivity index (χ0) is 27.3. The number of nitrogen functional groups attached to an aromatic ring is 1. The van der Waals surface area contributed by atoms with Gasteiger partial charge in [-0.3, -0.25) is 9.59 Å².